The van der Waals surface area contributed by atoms with Crippen molar-refractivity contribution in [3.05, 3.63) is 0 Å². The molecule has 1 unspecified atom stereocenters. The van der Waals surface area contributed by atoms with E-state index in [0.29, 0.717) is 18.4 Å². The number of nitrogens with zero attached hydrogens (tertiary/aromatic N) is 1. The number of likely N-dealkylation sites (tertiary alicyclic amines) is 1. The van der Waals surface area contributed by atoms with E-state index < -0.39 is 0 Å². The normalized spacial score (nSPS) is 23.8. The Hall–Kier alpha value is -0.0300. The molecular weight excluding hydrogens is 297 g/mol. The first-order valence-electron chi connectivity index (χ1n) is 7.50. The molecule has 2 aliphatic rings. The summed E-state index contributed by atoms with van der Waals surface area (Å²) >= 11 is 0. The number of hydrogen-bond acceptors (Lipinski definition) is 3. The highest BCUT2D eigenvalue weighted by Crippen LogP contribution is 2.14. The van der Waals surface area contributed by atoms with Gasteiger partial charge in [-0.3, -0.25) is 4.79 Å². The van der Waals surface area contributed by atoms with E-state index >= 15 is 0 Å². The zero-order chi connectivity index (χ0) is 12.8. The van der Waals surface area contributed by atoms with Crippen molar-refractivity contribution in [2.45, 2.75) is 45.1 Å². The first-order valence-corrected chi connectivity index (χ1v) is 7.50. The highest BCUT2D eigenvalue weighted by molar-refractivity contribution is 5.85. The van der Waals surface area contributed by atoms with E-state index in [0.717, 1.165) is 45.4 Å². The fraction of sp³-hybridized carbons (Fsp3) is 0.929. The second kappa shape index (κ2) is 10.7. The summed E-state index contributed by atoms with van der Waals surface area (Å²) in [7, 11) is 0. The maximum Gasteiger partial charge on any atom is 0.220 e. The molecule has 2 saturated heterocycles. The minimum Gasteiger partial charge on any atom is -0.353 e. The second-order valence-corrected chi connectivity index (χ2v) is 5.75. The van der Waals surface area contributed by atoms with Crippen LogP contribution in [0.15, 0.2) is 0 Å². The first kappa shape index (κ1) is 20.0. The van der Waals surface area contributed by atoms with Crippen LogP contribution in [-0.4, -0.2) is 49.6 Å². The van der Waals surface area contributed by atoms with Crippen LogP contribution >= 0.6 is 24.8 Å². The average Bonchev–Trinajstić information content (AvgIpc) is 2.84. The molecule has 0 aromatic heterocycles. The van der Waals surface area contributed by atoms with Gasteiger partial charge in [0.2, 0.25) is 5.91 Å². The third kappa shape index (κ3) is 6.61. The summed E-state index contributed by atoms with van der Waals surface area (Å²) in [5, 5.41) is 6.53. The summed E-state index contributed by atoms with van der Waals surface area (Å²) in [4.78, 5) is 14.4. The van der Waals surface area contributed by atoms with Crippen molar-refractivity contribution in [1.82, 2.24) is 15.5 Å². The van der Waals surface area contributed by atoms with Gasteiger partial charge in [0.1, 0.15) is 0 Å². The second-order valence-electron chi connectivity index (χ2n) is 5.75. The summed E-state index contributed by atoms with van der Waals surface area (Å²) in [5.74, 6) is 0.822. The zero-order valence-electron chi connectivity index (χ0n) is 12.4. The lowest BCUT2D eigenvalue weighted by atomic mass is 10.0. The highest BCUT2D eigenvalue weighted by atomic mass is 35.5. The largest absolute Gasteiger partial charge is 0.353 e. The van der Waals surface area contributed by atoms with Crippen LogP contribution in [0.25, 0.3) is 0 Å². The quantitative estimate of drug-likeness (QED) is 0.810. The van der Waals surface area contributed by atoms with Crippen molar-refractivity contribution < 1.29 is 4.79 Å². The van der Waals surface area contributed by atoms with Crippen LogP contribution in [0.5, 0.6) is 0 Å². The topological polar surface area (TPSA) is 44.4 Å². The van der Waals surface area contributed by atoms with Crippen molar-refractivity contribution in [3.8, 4) is 0 Å². The minimum atomic E-state index is 0. The molecular formula is C14H29Cl2N3O. The van der Waals surface area contributed by atoms with Crippen molar-refractivity contribution in [2.75, 3.05) is 32.7 Å². The molecule has 0 bridgehead atoms. The van der Waals surface area contributed by atoms with E-state index in [1.807, 2.05) is 0 Å². The monoisotopic (exact) mass is 325 g/mol. The molecule has 0 aromatic rings. The van der Waals surface area contributed by atoms with Crippen LogP contribution in [0.3, 0.4) is 0 Å². The zero-order valence-corrected chi connectivity index (χ0v) is 14.0. The Morgan fingerprint density at radius 1 is 1.25 bits per heavy atom. The maximum atomic E-state index is 11.9. The van der Waals surface area contributed by atoms with Gasteiger partial charge in [0.15, 0.2) is 0 Å². The number of nitrogens with one attached hydrogen (secondary N) is 2. The number of piperidine rings is 1. The predicted octanol–water partition coefficient (Wildman–Crippen LogP) is 1.82. The third-order valence-corrected chi connectivity index (χ3v) is 4.13. The molecule has 0 aliphatic carbocycles. The van der Waals surface area contributed by atoms with Crippen LogP contribution in [0.2, 0.25) is 0 Å². The first-order chi connectivity index (χ1) is 8.78. The Kier molecular flexibility index (Phi) is 10.6. The Bertz CT molecular complexity index is 265. The molecule has 2 aliphatic heterocycles. The van der Waals surface area contributed by atoms with E-state index in [2.05, 4.69) is 22.5 Å². The SMILES string of the molecule is CCCN1CCC(NC(=O)CC2CCNC2)CC1.Cl.Cl. The average molecular weight is 326 g/mol. The fourth-order valence-electron chi connectivity index (χ4n) is 3.05. The lowest BCUT2D eigenvalue weighted by Gasteiger charge is -2.32. The molecule has 2 N–H and O–H groups in total. The molecule has 0 spiro atoms. The number of amides is 1. The predicted molar refractivity (Wildman–Crippen MR) is 88.0 cm³/mol. The molecule has 0 aromatic carbocycles. The molecule has 2 heterocycles. The highest BCUT2D eigenvalue weighted by Gasteiger charge is 2.22. The molecule has 0 saturated carbocycles. The number of rotatable bonds is 5. The van der Waals surface area contributed by atoms with Gasteiger partial charge in [0.25, 0.3) is 0 Å². The van der Waals surface area contributed by atoms with Gasteiger partial charge < -0.3 is 15.5 Å². The Balaban J connectivity index is 0.00000180. The molecule has 2 rings (SSSR count). The molecule has 120 valence electrons. The number of carbonyl (C=O) groups is 1. The van der Waals surface area contributed by atoms with Gasteiger partial charge in [-0.15, -0.1) is 24.8 Å². The summed E-state index contributed by atoms with van der Waals surface area (Å²) in [6, 6.07) is 0.417. The van der Waals surface area contributed by atoms with Gasteiger partial charge >= 0.3 is 0 Å². The molecule has 4 nitrogen and oxygen atoms in total. The van der Waals surface area contributed by atoms with Crippen molar-refractivity contribution >= 4 is 30.7 Å². The molecule has 2 fully saturated rings. The maximum absolute atomic E-state index is 11.9. The van der Waals surface area contributed by atoms with E-state index in [-0.39, 0.29) is 30.7 Å². The summed E-state index contributed by atoms with van der Waals surface area (Å²) in [5.41, 5.74) is 0. The number of halogens is 2. The van der Waals surface area contributed by atoms with Gasteiger partial charge in [0.05, 0.1) is 0 Å². The van der Waals surface area contributed by atoms with E-state index in [4.69, 9.17) is 0 Å². The van der Waals surface area contributed by atoms with Crippen LogP contribution in [0.4, 0.5) is 0 Å². The van der Waals surface area contributed by atoms with Crippen LogP contribution in [-0.2, 0) is 4.79 Å². The van der Waals surface area contributed by atoms with E-state index in [1.165, 1.54) is 13.0 Å². The summed E-state index contributed by atoms with van der Waals surface area (Å²) in [6.45, 7) is 7.81. The Morgan fingerprint density at radius 2 is 1.95 bits per heavy atom. The van der Waals surface area contributed by atoms with Gasteiger partial charge in [-0.25, -0.2) is 0 Å². The van der Waals surface area contributed by atoms with E-state index in [9.17, 15) is 4.79 Å². The van der Waals surface area contributed by atoms with Crippen molar-refractivity contribution in [3.63, 3.8) is 0 Å². The van der Waals surface area contributed by atoms with Gasteiger partial charge in [0, 0.05) is 25.6 Å². The smallest absolute Gasteiger partial charge is 0.220 e. The third-order valence-electron chi connectivity index (χ3n) is 4.13. The van der Waals surface area contributed by atoms with Crippen molar-refractivity contribution in [2.24, 2.45) is 5.92 Å². The molecule has 1 atom stereocenters. The van der Waals surface area contributed by atoms with Gasteiger partial charge in [-0.05, 0) is 51.2 Å². The van der Waals surface area contributed by atoms with Gasteiger partial charge in [-0.1, -0.05) is 6.92 Å². The number of carbonyl (C=O) groups excluding carboxylic acids is 1. The standard InChI is InChI=1S/C14H27N3O.2ClH/c1-2-7-17-8-4-13(5-9-17)16-14(18)10-12-3-6-15-11-12;;/h12-13,15H,2-11H2,1H3,(H,16,18);2*1H. The van der Waals surface area contributed by atoms with E-state index in [1.54, 1.807) is 0 Å². The van der Waals surface area contributed by atoms with Gasteiger partial charge in [-0.2, -0.15) is 0 Å². The molecule has 0 radical (unpaired) electrons. The molecule has 6 heteroatoms. The summed E-state index contributed by atoms with van der Waals surface area (Å²) in [6.07, 6.45) is 5.33. The lowest BCUT2D eigenvalue weighted by Crippen LogP contribution is -2.45. The van der Waals surface area contributed by atoms with Crippen molar-refractivity contribution in [1.29, 1.82) is 0 Å². The Morgan fingerprint density at radius 3 is 2.50 bits per heavy atom. The minimum absolute atomic E-state index is 0. The summed E-state index contributed by atoms with van der Waals surface area (Å²) < 4.78 is 0. The molecule has 1 amide bonds. The van der Waals surface area contributed by atoms with Crippen LogP contribution in [0, 0.1) is 5.92 Å². The Labute approximate surface area is 135 Å². The lowest BCUT2D eigenvalue weighted by molar-refractivity contribution is -0.122. The van der Waals surface area contributed by atoms with Crippen LogP contribution in [0.1, 0.15) is 39.0 Å². The molecule has 20 heavy (non-hydrogen) atoms. The number of hydrogen-bond donors (Lipinski definition) is 2. The fourth-order valence-corrected chi connectivity index (χ4v) is 3.05. The van der Waals surface area contributed by atoms with Crippen LogP contribution < -0.4 is 10.6 Å².